The van der Waals surface area contributed by atoms with E-state index in [9.17, 15) is 12.8 Å². The van der Waals surface area contributed by atoms with Crippen LogP contribution < -0.4 is 10.6 Å². The molecule has 1 fully saturated rings. The second-order valence-electron chi connectivity index (χ2n) is 6.55. The lowest BCUT2D eigenvalue weighted by atomic mass is 10.2. The summed E-state index contributed by atoms with van der Waals surface area (Å²) in [4.78, 5) is 0.262. The molecule has 5 nitrogen and oxygen atoms in total. The van der Waals surface area contributed by atoms with Crippen LogP contribution >= 0.6 is 12.2 Å². The summed E-state index contributed by atoms with van der Waals surface area (Å²) in [5.74, 6) is -0.387. The van der Waals surface area contributed by atoms with Crippen LogP contribution in [0.25, 0.3) is 0 Å². The number of hydrogen-bond acceptors (Lipinski definition) is 3. The lowest BCUT2D eigenvalue weighted by Gasteiger charge is -2.25. The van der Waals surface area contributed by atoms with E-state index in [4.69, 9.17) is 12.2 Å². The average molecular weight is 408 g/mol. The molecule has 1 aliphatic rings. The maximum Gasteiger partial charge on any atom is 0.243 e. The van der Waals surface area contributed by atoms with E-state index in [1.807, 2.05) is 6.92 Å². The zero-order chi connectivity index (χ0) is 19.4. The zero-order valence-electron chi connectivity index (χ0n) is 15.0. The Bertz CT molecular complexity index is 924. The molecule has 144 valence electrons. The molecule has 2 N–H and O–H groups in total. The number of anilines is 2. The fourth-order valence-corrected chi connectivity index (χ4v) is 4.72. The van der Waals surface area contributed by atoms with Gasteiger partial charge in [0.25, 0.3) is 0 Å². The quantitative estimate of drug-likeness (QED) is 0.747. The number of hydrogen-bond donors (Lipinski definition) is 2. The Morgan fingerprint density at radius 1 is 1.04 bits per heavy atom. The number of sulfonamides is 1. The summed E-state index contributed by atoms with van der Waals surface area (Å²) in [6.07, 6.45) is 2.86. The minimum Gasteiger partial charge on any atom is -0.332 e. The van der Waals surface area contributed by atoms with Crippen molar-refractivity contribution < 1.29 is 12.8 Å². The first-order valence-electron chi connectivity index (χ1n) is 8.80. The van der Waals surface area contributed by atoms with Crippen molar-refractivity contribution in [2.24, 2.45) is 0 Å². The Labute approximate surface area is 164 Å². The van der Waals surface area contributed by atoms with Gasteiger partial charge in [-0.3, -0.25) is 0 Å². The summed E-state index contributed by atoms with van der Waals surface area (Å²) in [6, 6.07) is 11.2. The van der Waals surface area contributed by atoms with Crippen LogP contribution in [-0.2, 0) is 10.0 Å². The molecule has 8 heteroatoms. The molecule has 0 spiro atoms. The van der Waals surface area contributed by atoms with Crippen molar-refractivity contribution in [1.82, 2.24) is 4.31 Å². The van der Waals surface area contributed by atoms with Crippen molar-refractivity contribution in [1.29, 1.82) is 0 Å². The van der Waals surface area contributed by atoms with Gasteiger partial charge in [0.15, 0.2) is 5.11 Å². The largest absolute Gasteiger partial charge is 0.332 e. The first-order valence-corrected chi connectivity index (χ1v) is 10.7. The molecule has 2 aromatic carbocycles. The molecular weight excluding hydrogens is 385 g/mol. The van der Waals surface area contributed by atoms with E-state index in [0.29, 0.717) is 18.8 Å². The van der Waals surface area contributed by atoms with Crippen LogP contribution in [0.4, 0.5) is 15.8 Å². The highest BCUT2D eigenvalue weighted by molar-refractivity contribution is 7.89. The Morgan fingerprint density at radius 2 is 1.70 bits per heavy atom. The monoisotopic (exact) mass is 407 g/mol. The molecule has 0 bridgehead atoms. The van der Waals surface area contributed by atoms with Crippen LogP contribution in [0, 0.1) is 12.7 Å². The van der Waals surface area contributed by atoms with Gasteiger partial charge in [-0.05, 0) is 73.9 Å². The molecule has 3 rings (SSSR count). The van der Waals surface area contributed by atoms with Gasteiger partial charge in [0.05, 0.1) is 10.6 Å². The second kappa shape index (κ2) is 8.33. The van der Waals surface area contributed by atoms with E-state index >= 15 is 0 Å². The molecule has 1 saturated heterocycles. The third kappa shape index (κ3) is 4.82. The molecule has 1 aliphatic heterocycles. The molecule has 0 atom stereocenters. The fraction of sp³-hybridized carbons (Fsp3) is 0.316. The minimum atomic E-state index is -3.46. The predicted octanol–water partition coefficient (Wildman–Crippen LogP) is 4.12. The molecule has 27 heavy (non-hydrogen) atoms. The number of nitrogens with one attached hydrogen (secondary N) is 2. The topological polar surface area (TPSA) is 61.4 Å². The van der Waals surface area contributed by atoms with Crippen molar-refractivity contribution in [2.75, 3.05) is 23.7 Å². The molecule has 0 unspecified atom stereocenters. The summed E-state index contributed by atoms with van der Waals surface area (Å²) in [6.45, 7) is 2.94. The first kappa shape index (κ1) is 19.7. The summed E-state index contributed by atoms with van der Waals surface area (Å²) < 4.78 is 40.7. The van der Waals surface area contributed by atoms with Gasteiger partial charge < -0.3 is 10.6 Å². The van der Waals surface area contributed by atoms with Crippen LogP contribution in [-0.4, -0.2) is 30.9 Å². The smallest absolute Gasteiger partial charge is 0.243 e. The van der Waals surface area contributed by atoms with Crippen molar-refractivity contribution in [3.63, 3.8) is 0 Å². The number of halogens is 1. The van der Waals surface area contributed by atoms with Crippen molar-refractivity contribution in [2.45, 2.75) is 31.1 Å². The molecule has 2 aromatic rings. The fourth-order valence-electron chi connectivity index (χ4n) is 2.97. The van der Waals surface area contributed by atoms with E-state index in [2.05, 4.69) is 10.6 Å². The Kier molecular flexibility index (Phi) is 6.08. The molecule has 0 aromatic heterocycles. The highest BCUT2D eigenvalue weighted by atomic mass is 32.2. The standard InChI is InChI=1S/C19H22FN3O2S2/c1-14-5-10-18(17(20)13-14)22-19(26)21-15-6-8-16(9-7-15)27(24,25)23-11-3-2-4-12-23/h5-10,13H,2-4,11-12H2,1H3,(H2,21,22,26). The van der Waals surface area contributed by atoms with E-state index in [-0.39, 0.29) is 21.5 Å². The van der Waals surface area contributed by atoms with Crippen molar-refractivity contribution in [3.8, 4) is 0 Å². The molecule has 0 radical (unpaired) electrons. The van der Waals surface area contributed by atoms with Crippen LogP contribution in [0.2, 0.25) is 0 Å². The van der Waals surface area contributed by atoms with Crippen LogP contribution in [0.3, 0.4) is 0 Å². The Morgan fingerprint density at radius 3 is 2.33 bits per heavy atom. The highest BCUT2D eigenvalue weighted by Gasteiger charge is 2.25. The van der Waals surface area contributed by atoms with E-state index in [1.165, 1.54) is 10.4 Å². The second-order valence-corrected chi connectivity index (χ2v) is 8.90. The SMILES string of the molecule is Cc1ccc(NC(=S)Nc2ccc(S(=O)(=O)N3CCCCC3)cc2)c(F)c1. The van der Waals surface area contributed by atoms with Crippen LogP contribution in [0.1, 0.15) is 24.8 Å². The lowest BCUT2D eigenvalue weighted by Crippen LogP contribution is -2.35. The maximum absolute atomic E-state index is 13.9. The van der Waals surface area contributed by atoms with E-state index < -0.39 is 10.0 Å². The molecule has 1 heterocycles. The lowest BCUT2D eigenvalue weighted by molar-refractivity contribution is 0.346. The molecule has 0 saturated carbocycles. The van der Waals surface area contributed by atoms with Crippen LogP contribution in [0.15, 0.2) is 47.4 Å². The average Bonchev–Trinajstić information content (AvgIpc) is 2.65. The number of rotatable bonds is 4. The Balaban J connectivity index is 1.65. The molecule has 0 amide bonds. The van der Waals surface area contributed by atoms with E-state index in [1.54, 1.807) is 36.4 Å². The number of benzene rings is 2. The summed E-state index contributed by atoms with van der Waals surface area (Å²) in [5, 5.41) is 5.96. The normalized spacial score (nSPS) is 15.3. The zero-order valence-corrected chi connectivity index (χ0v) is 16.7. The van der Waals surface area contributed by atoms with Gasteiger partial charge in [0.1, 0.15) is 5.82 Å². The first-order chi connectivity index (χ1) is 12.9. The van der Waals surface area contributed by atoms with Gasteiger partial charge in [-0.15, -0.1) is 0 Å². The maximum atomic E-state index is 13.9. The van der Waals surface area contributed by atoms with Gasteiger partial charge in [-0.1, -0.05) is 12.5 Å². The van der Waals surface area contributed by atoms with E-state index in [0.717, 1.165) is 24.8 Å². The van der Waals surface area contributed by atoms with Gasteiger partial charge in [-0.2, -0.15) is 4.31 Å². The van der Waals surface area contributed by atoms with Crippen molar-refractivity contribution >= 4 is 38.7 Å². The number of nitrogens with zero attached hydrogens (tertiary/aromatic N) is 1. The third-order valence-corrected chi connectivity index (χ3v) is 6.55. The third-order valence-electron chi connectivity index (χ3n) is 4.44. The number of aryl methyl sites for hydroxylation is 1. The van der Waals surface area contributed by atoms with Crippen molar-refractivity contribution in [3.05, 3.63) is 53.8 Å². The predicted molar refractivity (Wildman–Crippen MR) is 110 cm³/mol. The highest BCUT2D eigenvalue weighted by Crippen LogP contribution is 2.22. The molecular formula is C19H22FN3O2S2. The van der Waals surface area contributed by atoms with Gasteiger partial charge in [-0.25, -0.2) is 12.8 Å². The summed E-state index contributed by atoms with van der Waals surface area (Å²) in [5.41, 5.74) is 1.72. The summed E-state index contributed by atoms with van der Waals surface area (Å²) >= 11 is 5.20. The van der Waals surface area contributed by atoms with Crippen LogP contribution in [0.5, 0.6) is 0 Å². The number of piperidine rings is 1. The van der Waals surface area contributed by atoms with Gasteiger partial charge >= 0.3 is 0 Å². The number of thiocarbonyl (C=S) groups is 1. The minimum absolute atomic E-state index is 0.226. The van der Waals surface area contributed by atoms with Gasteiger partial charge in [0.2, 0.25) is 10.0 Å². The van der Waals surface area contributed by atoms with Gasteiger partial charge in [0, 0.05) is 18.8 Å². The Hall–Kier alpha value is -2.03. The molecule has 0 aliphatic carbocycles. The summed E-state index contributed by atoms with van der Waals surface area (Å²) in [7, 11) is -3.46.